The molecule has 0 aliphatic rings. The highest BCUT2D eigenvalue weighted by Crippen LogP contribution is 2.61. The summed E-state index contributed by atoms with van der Waals surface area (Å²) >= 11 is 19.5. The number of aromatic nitrogens is 2. The first kappa shape index (κ1) is 35.4. The Morgan fingerprint density at radius 3 is 1.83 bits per heavy atom. The number of carbonyl (C=O) groups excluding carboxylic acids is 1. The van der Waals surface area contributed by atoms with Crippen LogP contribution in [0.15, 0.2) is 16.9 Å². The minimum Gasteiger partial charge on any atom is -0.477 e. The summed E-state index contributed by atoms with van der Waals surface area (Å²) in [5, 5.41) is 33.2. The lowest BCUT2D eigenvalue weighted by Crippen LogP contribution is -2.19. The first-order valence-corrected chi connectivity index (χ1v) is 13.4. The Bertz CT molecular complexity index is 1230. The van der Waals surface area contributed by atoms with Crippen molar-refractivity contribution < 1.29 is 39.0 Å². The average Bonchev–Trinajstić information content (AvgIpc) is 2.73. The number of H-pyrrole nitrogens is 1. The monoisotopic (exact) mass is 612 g/mol. The van der Waals surface area contributed by atoms with Crippen molar-refractivity contribution in [2.24, 2.45) is 0 Å². The van der Waals surface area contributed by atoms with Gasteiger partial charge in [-0.25, -0.2) is 14.6 Å². The van der Waals surface area contributed by atoms with Crippen LogP contribution in [0.25, 0.3) is 0 Å². The van der Waals surface area contributed by atoms with E-state index in [1.807, 2.05) is 0 Å². The van der Waals surface area contributed by atoms with Crippen LogP contribution in [0.3, 0.4) is 0 Å². The molecular weight excluding hydrogens is 597 g/mol. The van der Waals surface area contributed by atoms with Crippen molar-refractivity contribution >= 4 is 73.8 Å². The highest BCUT2D eigenvalue weighted by atomic mass is 36.0. The molecule has 0 saturated heterocycles. The SMILES string of the molecule is CO.COC(=O)c1cc([N+](=O)[O-])c(C)nc1Cl.Cc1[nH]c(=O)c(C(=O)O)cc1[N+](=O)[O-].O=P(Cl)(Cl)Cl. The standard InChI is InChI=1S/C8H7ClN2O4.C7H6N2O5.CH4O.Cl3OP/c1-4-6(11(13)14)3-5(7(9)10-4)8(12)15-2;1-3-5(9(13)14)2-4(7(11)12)6(10)8-3;1-2;1-5(2,3)4/h3H,1-2H3;2H,1H3,(H,8,10)(H,11,12);2H,1H3;. The maximum absolute atomic E-state index is 11.2. The van der Waals surface area contributed by atoms with Crippen molar-refractivity contribution in [3.63, 3.8) is 0 Å². The molecule has 36 heavy (non-hydrogen) atoms. The van der Waals surface area contributed by atoms with Gasteiger partial charge in [0.05, 0.1) is 22.7 Å². The van der Waals surface area contributed by atoms with E-state index in [9.17, 15) is 39.2 Å². The molecule has 20 heteroatoms. The number of pyridine rings is 2. The molecule has 0 atom stereocenters. The smallest absolute Gasteiger partial charge is 0.341 e. The van der Waals surface area contributed by atoms with E-state index in [0.717, 1.165) is 26.4 Å². The second-order valence-corrected chi connectivity index (χ2v) is 12.7. The lowest BCUT2D eigenvalue weighted by atomic mass is 10.2. The predicted octanol–water partition coefficient (Wildman–Crippen LogP) is 4.45. The number of aromatic carboxylic acids is 1. The Labute approximate surface area is 221 Å². The third-order valence-corrected chi connectivity index (χ3v) is 3.67. The van der Waals surface area contributed by atoms with Gasteiger partial charge in [-0.15, -0.1) is 0 Å². The number of carboxylic acid groups (broad SMARTS) is 1. The fourth-order valence-corrected chi connectivity index (χ4v) is 2.22. The van der Waals surface area contributed by atoms with Gasteiger partial charge in [0.25, 0.3) is 16.9 Å². The van der Waals surface area contributed by atoms with Gasteiger partial charge in [0, 0.05) is 19.2 Å². The second kappa shape index (κ2) is 16.0. The molecule has 200 valence electrons. The molecule has 0 unspecified atom stereocenters. The predicted molar refractivity (Wildman–Crippen MR) is 131 cm³/mol. The second-order valence-electron chi connectivity index (χ2n) is 5.66. The summed E-state index contributed by atoms with van der Waals surface area (Å²) < 4.78 is 13.9. The van der Waals surface area contributed by atoms with Crippen LogP contribution in [0.4, 0.5) is 11.4 Å². The number of carbonyl (C=O) groups is 2. The quantitative estimate of drug-likeness (QED) is 0.143. The number of hydrogen-bond donors (Lipinski definition) is 3. The highest BCUT2D eigenvalue weighted by Gasteiger charge is 2.21. The van der Waals surface area contributed by atoms with E-state index in [1.54, 1.807) is 0 Å². The van der Waals surface area contributed by atoms with Gasteiger partial charge in [0.2, 0.25) is 0 Å². The van der Waals surface area contributed by atoms with Crippen molar-refractivity contribution in [1.82, 2.24) is 9.97 Å². The Kier molecular flexibility index (Phi) is 15.7. The largest absolute Gasteiger partial charge is 0.477 e. The topological polar surface area (TPSA) is 233 Å². The number of nitrogens with zero attached hydrogens (tertiary/aromatic N) is 3. The molecule has 0 amide bonds. The van der Waals surface area contributed by atoms with Crippen LogP contribution in [0, 0.1) is 34.1 Å². The van der Waals surface area contributed by atoms with Crippen LogP contribution in [-0.2, 0) is 9.30 Å². The van der Waals surface area contributed by atoms with E-state index in [-0.39, 0.29) is 27.8 Å². The van der Waals surface area contributed by atoms with Gasteiger partial charge in [-0.1, -0.05) is 11.6 Å². The van der Waals surface area contributed by atoms with Crippen molar-refractivity contribution in [1.29, 1.82) is 0 Å². The van der Waals surface area contributed by atoms with Crippen molar-refractivity contribution in [3.05, 3.63) is 70.4 Å². The molecule has 0 aliphatic heterocycles. The molecular formula is C16H17Cl4N4O11P. The molecule has 15 nitrogen and oxygen atoms in total. The summed E-state index contributed by atoms with van der Waals surface area (Å²) in [5.74, 6) is -2.25. The summed E-state index contributed by atoms with van der Waals surface area (Å²) in [6.45, 7) is 2.76. The van der Waals surface area contributed by atoms with Crippen LogP contribution < -0.4 is 5.56 Å². The van der Waals surface area contributed by atoms with E-state index in [4.69, 9.17) is 21.8 Å². The summed E-state index contributed by atoms with van der Waals surface area (Å²) in [5.41, 5.74) is -2.09. The lowest BCUT2D eigenvalue weighted by molar-refractivity contribution is -0.385. The minimum absolute atomic E-state index is 0.0324. The molecule has 0 spiro atoms. The van der Waals surface area contributed by atoms with E-state index < -0.39 is 43.8 Å². The maximum atomic E-state index is 11.2. The van der Waals surface area contributed by atoms with E-state index >= 15 is 0 Å². The van der Waals surface area contributed by atoms with E-state index in [1.165, 1.54) is 13.8 Å². The normalized spacial score (nSPS) is 9.69. The van der Waals surface area contributed by atoms with Gasteiger partial charge in [-0.2, -0.15) is 0 Å². The number of hydrogen-bond acceptors (Lipinski definition) is 11. The van der Waals surface area contributed by atoms with Gasteiger partial charge in [-0.05, 0) is 47.6 Å². The zero-order chi connectivity index (χ0) is 29.0. The molecule has 0 aromatic carbocycles. The number of nitrogens with one attached hydrogen (secondary N) is 1. The van der Waals surface area contributed by atoms with Crippen molar-refractivity contribution in [3.8, 4) is 0 Å². The number of aliphatic hydroxyl groups excluding tert-OH is 1. The van der Waals surface area contributed by atoms with Gasteiger partial charge < -0.3 is 19.9 Å². The van der Waals surface area contributed by atoms with Crippen molar-refractivity contribution in [2.75, 3.05) is 14.2 Å². The first-order valence-electron chi connectivity index (χ1n) is 8.55. The fraction of sp³-hybridized carbons (Fsp3) is 0.250. The zero-order valence-electron chi connectivity index (χ0n) is 18.5. The molecule has 0 fully saturated rings. The Morgan fingerprint density at radius 2 is 1.47 bits per heavy atom. The zero-order valence-corrected chi connectivity index (χ0v) is 22.4. The third kappa shape index (κ3) is 12.8. The number of aromatic amines is 1. The number of carboxylic acids is 1. The summed E-state index contributed by atoms with van der Waals surface area (Å²) in [7, 11) is 2.16. The summed E-state index contributed by atoms with van der Waals surface area (Å²) in [6, 6.07) is 1.80. The van der Waals surface area contributed by atoms with E-state index in [0.29, 0.717) is 0 Å². The summed E-state index contributed by atoms with van der Waals surface area (Å²) in [6.07, 6.45) is 0. The van der Waals surface area contributed by atoms with Gasteiger partial charge in [-0.3, -0.25) is 29.6 Å². The fourth-order valence-electron chi connectivity index (χ4n) is 1.96. The molecule has 0 saturated carbocycles. The Balaban J connectivity index is 0. The molecule has 2 aromatic rings. The summed E-state index contributed by atoms with van der Waals surface area (Å²) in [4.78, 5) is 58.0. The average molecular weight is 614 g/mol. The third-order valence-electron chi connectivity index (χ3n) is 3.38. The number of aliphatic hydroxyl groups is 1. The molecule has 2 heterocycles. The van der Waals surface area contributed by atoms with Crippen LogP contribution in [0.2, 0.25) is 5.15 Å². The number of halogens is 4. The number of esters is 1. The van der Waals surface area contributed by atoms with Gasteiger partial charge >= 0.3 is 17.1 Å². The molecule has 3 N–H and O–H groups in total. The molecule has 0 bridgehead atoms. The number of methoxy groups -OCH3 is 1. The maximum Gasteiger partial charge on any atom is 0.341 e. The molecule has 2 aromatic heterocycles. The van der Waals surface area contributed by atoms with E-state index in [2.05, 4.69) is 48.4 Å². The minimum atomic E-state index is -3.22. The number of ether oxygens (including phenoxy) is 1. The Morgan fingerprint density at radius 1 is 1.06 bits per heavy atom. The van der Waals surface area contributed by atoms with Crippen LogP contribution in [0.1, 0.15) is 32.1 Å². The number of nitro groups is 2. The number of aryl methyl sites for hydroxylation is 2. The molecule has 0 aliphatic carbocycles. The number of rotatable bonds is 4. The Hall–Kier alpha value is -2.81. The van der Waals surface area contributed by atoms with Crippen LogP contribution in [-0.4, -0.2) is 56.2 Å². The van der Waals surface area contributed by atoms with Crippen LogP contribution in [0.5, 0.6) is 0 Å². The first-order chi connectivity index (χ1) is 16.4. The van der Waals surface area contributed by atoms with Crippen LogP contribution >= 0.6 is 50.5 Å². The molecule has 0 radical (unpaired) electrons. The van der Waals surface area contributed by atoms with Crippen molar-refractivity contribution in [2.45, 2.75) is 13.8 Å². The highest BCUT2D eigenvalue weighted by molar-refractivity contribution is 8.24. The van der Waals surface area contributed by atoms with Gasteiger partial charge in [0.1, 0.15) is 22.0 Å². The van der Waals surface area contributed by atoms with Gasteiger partial charge in [0.15, 0.2) is 0 Å². The molecule has 2 rings (SSSR count). The lowest BCUT2D eigenvalue weighted by Gasteiger charge is -2.03.